The van der Waals surface area contributed by atoms with Gasteiger partial charge >= 0.3 is 5.97 Å². The topological polar surface area (TPSA) is 70.4 Å². The predicted octanol–water partition coefficient (Wildman–Crippen LogP) is 4.33. The van der Waals surface area contributed by atoms with Crippen LogP contribution in [0.4, 0.5) is 0 Å². The third kappa shape index (κ3) is 4.66. The number of ketones is 1. The summed E-state index contributed by atoms with van der Waals surface area (Å²) in [6.07, 6.45) is 2.10. The Balaban J connectivity index is 1.68. The molecule has 0 N–H and O–H groups in total. The highest BCUT2D eigenvalue weighted by Crippen LogP contribution is 2.19. The number of para-hydroxylation sites is 1. The molecule has 0 fully saturated rings. The van der Waals surface area contributed by atoms with Crippen molar-refractivity contribution >= 4 is 17.8 Å². The van der Waals surface area contributed by atoms with Crippen LogP contribution in [-0.2, 0) is 9.53 Å². The summed E-state index contributed by atoms with van der Waals surface area (Å²) in [5, 5.41) is 4.55. The van der Waals surface area contributed by atoms with E-state index in [9.17, 15) is 9.59 Å². The van der Waals surface area contributed by atoms with Crippen LogP contribution in [0.25, 0.3) is 11.8 Å². The van der Waals surface area contributed by atoms with E-state index in [0.717, 1.165) is 22.6 Å². The van der Waals surface area contributed by atoms with Crippen LogP contribution in [0.15, 0.2) is 60.7 Å². The summed E-state index contributed by atoms with van der Waals surface area (Å²) in [6.45, 7) is 5.38. The minimum atomic E-state index is -0.898. The standard InChI is InChI=1S/C24H24N2O4/c1-16-22(17(2)26(25-16)20-8-6-5-7-9-20)14-15-23(27)30-18(3)24(28)19-10-12-21(29-4)13-11-19/h5-15,18H,1-4H3/b15-14+/t18-/m0/s1. The van der Waals surface area contributed by atoms with Gasteiger partial charge in [-0.1, -0.05) is 18.2 Å². The molecule has 0 saturated heterocycles. The first-order chi connectivity index (χ1) is 14.4. The fraction of sp³-hybridized carbons (Fsp3) is 0.208. The molecule has 6 nitrogen and oxygen atoms in total. The summed E-state index contributed by atoms with van der Waals surface area (Å²) in [5.74, 6) is -0.208. The van der Waals surface area contributed by atoms with E-state index in [-0.39, 0.29) is 5.78 Å². The third-order valence-corrected chi connectivity index (χ3v) is 4.77. The lowest BCUT2D eigenvalue weighted by Gasteiger charge is -2.11. The van der Waals surface area contributed by atoms with Crippen LogP contribution in [0, 0.1) is 13.8 Å². The average Bonchev–Trinajstić information content (AvgIpc) is 3.05. The highest BCUT2D eigenvalue weighted by Gasteiger charge is 2.19. The Kier molecular flexibility index (Phi) is 6.47. The molecule has 3 aromatic rings. The molecule has 1 atom stereocenters. The van der Waals surface area contributed by atoms with Gasteiger partial charge in [-0.05, 0) is 63.2 Å². The first-order valence-corrected chi connectivity index (χ1v) is 9.59. The second kappa shape index (κ2) is 9.22. The van der Waals surface area contributed by atoms with Gasteiger partial charge in [0.25, 0.3) is 0 Å². The number of benzene rings is 2. The van der Waals surface area contributed by atoms with E-state index in [1.165, 1.54) is 6.08 Å². The zero-order chi connectivity index (χ0) is 21.7. The van der Waals surface area contributed by atoms with E-state index < -0.39 is 12.1 Å². The van der Waals surface area contributed by atoms with Crippen LogP contribution in [0.1, 0.15) is 34.2 Å². The van der Waals surface area contributed by atoms with Gasteiger partial charge in [-0.15, -0.1) is 0 Å². The van der Waals surface area contributed by atoms with Gasteiger partial charge < -0.3 is 9.47 Å². The monoisotopic (exact) mass is 404 g/mol. The van der Waals surface area contributed by atoms with Crippen molar-refractivity contribution in [1.82, 2.24) is 9.78 Å². The highest BCUT2D eigenvalue weighted by molar-refractivity contribution is 6.01. The number of ether oxygens (including phenoxy) is 2. The second-order valence-electron chi connectivity index (χ2n) is 6.84. The molecule has 1 heterocycles. The number of methoxy groups -OCH3 is 1. The summed E-state index contributed by atoms with van der Waals surface area (Å²) in [6, 6.07) is 16.4. The number of rotatable bonds is 7. The lowest BCUT2D eigenvalue weighted by Crippen LogP contribution is -2.23. The number of esters is 1. The number of carbonyl (C=O) groups is 2. The van der Waals surface area contributed by atoms with Crippen LogP contribution in [0.2, 0.25) is 0 Å². The number of aromatic nitrogens is 2. The summed E-state index contributed by atoms with van der Waals surface area (Å²) in [7, 11) is 1.56. The lowest BCUT2D eigenvalue weighted by molar-refractivity contribution is -0.140. The summed E-state index contributed by atoms with van der Waals surface area (Å²) in [5.41, 5.74) is 3.94. The third-order valence-electron chi connectivity index (χ3n) is 4.77. The molecular weight excluding hydrogens is 380 g/mol. The Labute approximate surface area is 175 Å². The van der Waals surface area contributed by atoms with Crippen molar-refractivity contribution in [2.45, 2.75) is 26.9 Å². The van der Waals surface area contributed by atoms with E-state index in [1.54, 1.807) is 44.4 Å². The Bertz CT molecular complexity index is 1070. The minimum Gasteiger partial charge on any atom is -0.497 e. The Morgan fingerprint density at radius 3 is 2.33 bits per heavy atom. The number of hydrogen-bond acceptors (Lipinski definition) is 5. The molecule has 0 amide bonds. The van der Waals surface area contributed by atoms with E-state index in [0.29, 0.717) is 11.3 Å². The number of aryl methyl sites for hydroxylation is 1. The smallest absolute Gasteiger partial charge is 0.331 e. The fourth-order valence-electron chi connectivity index (χ4n) is 3.12. The van der Waals surface area contributed by atoms with Crippen LogP contribution in [-0.4, -0.2) is 34.7 Å². The summed E-state index contributed by atoms with van der Waals surface area (Å²) >= 11 is 0. The Morgan fingerprint density at radius 2 is 1.70 bits per heavy atom. The Morgan fingerprint density at radius 1 is 1.03 bits per heavy atom. The van der Waals surface area contributed by atoms with Crippen LogP contribution in [0.3, 0.4) is 0 Å². The van der Waals surface area contributed by atoms with E-state index in [1.807, 2.05) is 48.9 Å². The van der Waals surface area contributed by atoms with Gasteiger partial charge in [0.05, 0.1) is 18.5 Å². The molecular formula is C24H24N2O4. The molecule has 2 aromatic carbocycles. The summed E-state index contributed by atoms with van der Waals surface area (Å²) in [4.78, 5) is 24.7. The van der Waals surface area contributed by atoms with Gasteiger partial charge in [0.2, 0.25) is 5.78 Å². The summed E-state index contributed by atoms with van der Waals surface area (Å²) < 4.78 is 12.2. The van der Waals surface area contributed by atoms with Crippen molar-refractivity contribution in [3.63, 3.8) is 0 Å². The van der Waals surface area contributed by atoms with Crippen molar-refractivity contribution in [2.24, 2.45) is 0 Å². The molecule has 6 heteroatoms. The number of hydrogen-bond donors (Lipinski definition) is 0. The quantitative estimate of drug-likeness (QED) is 0.333. The maximum absolute atomic E-state index is 12.5. The van der Waals surface area contributed by atoms with Crippen molar-refractivity contribution in [3.8, 4) is 11.4 Å². The lowest BCUT2D eigenvalue weighted by atomic mass is 10.1. The van der Waals surface area contributed by atoms with Crippen molar-refractivity contribution < 1.29 is 19.1 Å². The molecule has 3 rings (SSSR count). The van der Waals surface area contributed by atoms with Crippen molar-refractivity contribution in [2.75, 3.05) is 7.11 Å². The molecule has 30 heavy (non-hydrogen) atoms. The van der Waals surface area contributed by atoms with Crippen molar-refractivity contribution in [3.05, 3.63) is 83.2 Å². The molecule has 0 spiro atoms. The van der Waals surface area contributed by atoms with Crippen LogP contribution >= 0.6 is 0 Å². The van der Waals surface area contributed by atoms with E-state index in [2.05, 4.69) is 5.10 Å². The van der Waals surface area contributed by atoms with Crippen molar-refractivity contribution in [1.29, 1.82) is 0 Å². The Hall–Kier alpha value is -3.67. The first kappa shape index (κ1) is 21.0. The maximum Gasteiger partial charge on any atom is 0.331 e. The molecule has 0 aliphatic carbocycles. The van der Waals surface area contributed by atoms with Gasteiger partial charge in [0, 0.05) is 22.9 Å². The molecule has 0 saturated carbocycles. The molecule has 0 aliphatic heterocycles. The second-order valence-corrected chi connectivity index (χ2v) is 6.84. The molecule has 0 bridgehead atoms. The van der Waals surface area contributed by atoms with E-state index in [4.69, 9.17) is 9.47 Å². The zero-order valence-electron chi connectivity index (χ0n) is 17.5. The zero-order valence-corrected chi connectivity index (χ0v) is 17.5. The molecule has 0 aliphatic rings. The minimum absolute atomic E-state index is 0.274. The normalized spacial score (nSPS) is 12.0. The highest BCUT2D eigenvalue weighted by atomic mass is 16.5. The van der Waals surface area contributed by atoms with Gasteiger partial charge in [-0.2, -0.15) is 5.10 Å². The number of nitrogens with zero attached hydrogens (tertiary/aromatic N) is 2. The van der Waals surface area contributed by atoms with Gasteiger partial charge in [0.15, 0.2) is 6.10 Å². The average molecular weight is 404 g/mol. The van der Waals surface area contributed by atoms with Crippen LogP contribution in [0.5, 0.6) is 5.75 Å². The molecule has 1 aromatic heterocycles. The number of carbonyl (C=O) groups excluding carboxylic acids is 2. The van der Waals surface area contributed by atoms with Gasteiger partial charge in [-0.3, -0.25) is 4.79 Å². The molecule has 0 radical (unpaired) electrons. The molecule has 0 unspecified atom stereocenters. The fourth-order valence-corrected chi connectivity index (χ4v) is 3.12. The SMILES string of the molecule is COc1ccc(C(=O)[C@H](C)OC(=O)/C=C/c2c(C)nn(-c3ccccc3)c2C)cc1. The number of Topliss-reactive ketones (excluding diaryl/α,β-unsaturated/α-hetero) is 1. The van der Waals surface area contributed by atoms with Gasteiger partial charge in [-0.25, -0.2) is 9.48 Å². The van der Waals surface area contributed by atoms with Gasteiger partial charge in [0.1, 0.15) is 5.75 Å². The maximum atomic E-state index is 12.5. The van der Waals surface area contributed by atoms with E-state index >= 15 is 0 Å². The predicted molar refractivity (Wildman–Crippen MR) is 115 cm³/mol. The van der Waals surface area contributed by atoms with Crippen LogP contribution < -0.4 is 4.74 Å². The molecule has 154 valence electrons. The largest absolute Gasteiger partial charge is 0.497 e. The first-order valence-electron chi connectivity index (χ1n) is 9.59.